The van der Waals surface area contributed by atoms with Crippen LogP contribution in [0.1, 0.15) is 6.92 Å². The average Bonchev–Trinajstić information content (AvgIpc) is 2.47. The van der Waals surface area contributed by atoms with Crippen molar-refractivity contribution in [2.75, 3.05) is 31.7 Å². The number of nitrogens with one attached hydrogen (secondary N) is 2. The predicted octanol–water partition coefficient (Wildman–Crippen LogP) is -0.0775. The molecular weight excluding hydrogens is 264 g/mol. The molecule has 0 aliphatic rings. The Morgan fingerprint density at radius 3 is 2.35 bits per heavy atom. The number of hydrogen-bond donors (Lipinski definition) is 5. The standard InChI is InChI=1S/C13H20N2O5/c1-2-20-11-6-4-3-5-10(11)14-12(19)15-13(7-16,8-17)9-18/h3-6,16-18H,2,7-9H2,1H3,(H2,14,15,19). The molecule has 2 amide bonds. The quantitative estimate of drug-likeness (QED) is 0.481. The molecule has 0 unspecified atom stereocenters. The number of anilines is 1. The third-order valence-electron chi connectivity index (χ3n) is 2.72. The van der Waals surface area contributed by atoms with Crippen LogP contribution < -0.4 is 15.4 Å². The highest BCUT2D eigenvalue weighted by molar-refractivity contribution is 5.91. The molecule has 1 aromatic rings. The normalized spacial score (nSPS) is 11.0. The summed E-state index contributed by atoms with van der Waals surface area (Å²) in [6.45, 7) is 0.529. The van der Waals surface area contributed by atoms with Crippen molar-refractivity contribution in [1.82, 2.24) is 5.32 Å². The molecule has 7 heteroatoms. The number of carbonyl (C=O) groups is 1. The van der Waals surface area contributed by atoms with Gasteiger partial charge in [0.25, 0.3) is 0 Å². The van der Waals surface area contributed by atoms with Crippen LogP contribution in [0.4, 0.5) is 10.5 Å². The molecule has 0 radical (unpaired) electrons. The first-order valence-electron chi connectivity index (χ1n) is 6.24. The van der Waals surface area contributed by atoms with E-state index >= 15 is 0 Å². The number of hydrogen-bond acceptors (Lipinski definition) is 5. The Kier molecular flexibility index (Phi) is 6.23. The maximum absolute atomic E-state index is 11.9. The molecule has 0 aliphatic carbocycles. The summed E-state index contributed by atoms with van der Waals surface area (Å²) < 4.78 is 5.36. The molecule has 20 heavy (non-hydrogen) atoms. The number of aliphatic hydroxyl groups is 3. The number of urea groups is 1. The minimum Gasteiger partial charge on any atom is -0.492 e. The van der Waals surface area contributed by atoms with Crippen LogP contribution in [-0.4, -0.2) is 53.3 Å². The lowest BCUT2D eigenvalue weighted by Gasteiger charge is -2.28. The monoisotopic (exact) mass is 284 g/mol. The topological polar surface area (TPSA) is 111 Å². The van der Waals surface area contributed by atoms with Crippen LogP contribution in [0, 0.1) is 0 Å². The van der Waals surface area contributed by atoms with Gasteiger partial charge in [-0.3, -0.25) is 0 Å². The zero-order chi connectivity index (χ0) is 15.0. The first-order valence-corrected chi connectivity index (χ1v) is 6.24. The molecule has 0 saturated carbocycles. The minimum absolute atomic E-state index is 0.453. The maximum Gasteiger partial charge on any atom is 0.320 e. The van der Waals surface area contributed by atoms with Crippen LogP contribution in [0.25, 0.3) is 0 Å². The van der Waals surface area contributed by atoms with Crippen molar-refractivity contribution in [3.63, 3.8) is 0 Å². The van der Waals surface area contributed by atoms with Gasteiger partial charge in [-0.05, 0) is 19.1 Å². The van der Waals surface area contributed by atoms with E-state index in [1.165, 1.54) is 0 Å². The molecule has 112 valence electrons. The van der Waals surface area contributed by atoms with Crippen LogP contribution in [-0.2, 0) is 0 Å². The lowest BCUT2D eigenvalue weighted by molar-refractivity contribution is 0.0507. The van der Waals surface area contributed by atoms with Crippen molar-refractivity contribution in [3.05, 3.63) is 24.3 Å². The molecule has 0 atom stereocenters. The first kappa shape index (κ1) is 16.2. The Hall–Kier alpha value is -1.83. The summed E-state index contributed by atoms with van der Waals surface area (Å²) in [6.07, 6.45) is 0. The molecular formula is C13H20N2O5. The van der Waals surface area contributed by atoms with Gasteiger partial charge in [0.05, 0.1) is 32.1 Å². The summed E-state index contributed by atoms with van der Waals surface area (Å²) in [5.74, 6) is 0.507. The Bertz CT molecular complexity index is 426. The number of amides is 2. The third kappa shape index (κ3) is 4.09. The molecule has 0 saturated heterocycles. The van der Waals surface area contributed by atoms with Gasteiger partial charge in [0.2, 0.25) is 0 Å². The van der Waals surface area contributed by atoms with Crippen molar-refractivity contribution in [2.45, 2.75) is 12.5 Å². The second-order valence-electron chi connectivity index (χ2n) is 4.26. The van der Waals surface area contributed by atoms with E-state index in [1.54, 1.807) is 24.3 Å². The summed E-state index contributed by atoms with van der Waals surface area (Å²) in [4.78, 5) is 11.9. The van der Waals surface area contributed by atoms with Gasteiger partial charge < -0.3 is 30.7 Å². The van der Waals surface area contributed by atoms with Gasteiger partial charge in [0.1, 0.15) is 11.3 Å². The van der Waals surface area contributed by atoms with Crippen molar-refractivity contribution >= 4 is 11.7 Å². The fraction of sp³-hybridized carbons (Fsp3) is 0.462. The SMILES string of the molecule is CCOc1ccccc1NC(=O)NC(CO)(CO)CO. The highest BCUT2D eigenvalue weighted by Crippen LogP contribution is 2.23. The molecule has 0 fully saturated rings. The van der Waals surface area contributed by atoms with E-state index in [9.17, 15) is 4.79 Å². The number of carbonyl (C=O) groups excluding carboxylic acids is 1. The molecule has 0 spiro atoms. The van der Waals surface area contributed by atoms with Crippen LogP contribution in [0.3, 0.4) is 0 Å². The molecule has 0 heterocycles. The van der Waals surface area contributed by atoms with E-state index in [2.05, 4.69) is 10.6 Å². The fourth-order valence-corrected chi connectivity index (χ4v) is 1.51. The van der Waals surface area contributed by atoms with Gasteiger partial charge >= 0.3 is 6.03 Å². The Labute approximate surface area is 117 Å². The zero-order valence-electron chi connectivity index (χ0n) is 11.3. The Morgan fingerprint density at radius 1 is 1.20 bits per heavy atom. The number of aliphatic hydroxyl groups excluding tert-OH is 3. The molecule has 7 nitrogen and oxygen atoms in total. The lowest BCUT2D eigenvalue weighted by Crippen LogP contribution is -2.58. The molecule has 1 aromatic carbocycles. The second-order valence-corrected chi connectivity index (χ2v) is 4.26. The second kappa shape index (κ2) is 7.68. The Balaban J connectivity index is 2.76. The number of para-hydroxylation sites is 2. The minimum atomic E-state index is -1.47. The van der Waals surface area contributed by atoms with Crippen molar-refractivity contribution in [2.24, 2.45) is 0 Å². The van der Waals surface area contributed by atoms with Gasteiger partial charge in [-0.15, -0.1) is 0 Å². The lowest BCUT2D eigenvalue weighted by atomic mass is 10.0. The third-order valence-corrected chi connectivity index (χ3v) is 2.72. The summed E-state index contributed by atoms with van der Waals surface area (Å²) in [5, 5.41) is 32.3. The molecule has 1 rings (SSSR count). The van der Waals surface area contributed by atoms with E-state index in [1.807, 2.05) is 6.92 Å². The summed E-state index contributed by atoms with van der Waals surface area (Å²) >= 11 is 0. The number of ether oxygens (including phenoxy) is 1. The van der Waals surface area contributed by atoms with E-state index < -0.39 is 31.4 Å². The van der Waals surface area contributed by atoms with Crippen molar-refractivity contribution in [1.29, 1.82) is 0 Å². The molecule has 0 aliphatic heterocycles. The summed E-state index contributed by atoms with van der Waals surface area (Å²) in [5.41, 5.74) is -1.01. The summed E-state index contributed by atoms with van der Waals surface area (Å²) in [7, 11) is 0. The van der Waals surface area contributed by atoms with Gasteiger partial charge in [0.15, 0.2) is 0 Å². The number of rotatable bonds is 7. The van der Waals surface area contributed by atoms with E-state index in [0.717, 1.165) is 0 Å². The highest BCUT2D eigenvalue weighted by Gasteiger charge is 2.30. The maximum atomic E-state index is 11.9. The molecule has 0 bridgehead atoms. The van der Waals surface area contributed by atoms with E-state index in [-0.39, 0.29) is 0 Å². The average molecular weight is 284 g/mol. The smallest absolute Gasteiger partial charge is 0.320 e. The van der Waals surface area contributed by atoms with Gasteiger partial charge in [-0.2, -0.15) is 0 Å². The highest BCUT2D eigenvalue weighted by atomic mass is 16.5. The fourth-order valence-electron chi connectivity index (χ4n) is 1.51. The zero-order valence-corrected chi connectivity index (χ0v) is 11.3. The van der Waals surface area contributed by atoms with Gasteiger partial charge in [-0.1, -0.05) is 12.1 Å². The van der Waals surface area contributed by atoms with Crippen LogP contribution in [0.2, 0.25) is 0 Å². The van der Waals surface area contributed by atoms with E-state index in [0.29, 0.717) is 18.0 Å². The van der Waals surface area contributed by atoms with Crippen LogP contribution >= 0.6 is 0 Å². The van der Waals surface area contributed by atoms with Crippen LogP contribution in [0.15, 0.2) is 24.3 Å². The van der Waals surface area contributed by atoms with Gasteiger partial charge in [0, 0.05) is 0 Å². The summed E-state index contributed by atoms with van der Waals surface area (Å²) in [6, 6.07) is 6.21. The van der Waals surface area contributed by atoms with Crippen LogP contribution in [0.5, 0.6) is 5.75 Å². The van der Waals surface area contributed by atoms with Crippen molar-refractivity contribution < 1.29 is 24.9 Å². The molecule has 0 aromatic heterocycles. The Morgan fingerprint density at radius 2 is 1.80 bits per heavy atom. The predicted molar refractivity (Wildman–Crippen MR) is 73.8 cm³/mol. The van der Waals surface area contributed by atoms with Gasteiger partial charge in [-0.25, -0.2) is 4.79 Å². The first-order chi connectivity index (χ1) is 9.60. The molecule has 5 N–H and O–H groups in total. The van der Waals surface area contributed by atoms with E-state index in [4.69, 9.17) is 20.1 Å². The van der Waals surface area contributed by atoms with Crippen molar-refractivity contribution in [3.8, 4) is 5.75 Å². The largest absolute Gasteiger partial charge is 0.492 e. The number of benzene rings is 1.